The van der Waals surface area contributed by atoms with E-state index >= 15 is 4.39 Å². The van der Waals surface area contributed by atoms with Crippen LogP contribution in [0.5, 0.6) is 5.75 Å². The summed E-state index contributed by atoms with van der Waals surface area (Å²) in [4.78, 5) is 23.9. The first kappa shape index (κ1) is 30.2. The molecule has 1 N–H and O–H groups in total. The number of anilines is 2. The first-order valence-corrected chi connectivity index (χ1v) is 13.2. The quantitative estimate of drug-likeness (QED) is 0.263. The van der Waals surface area contributed by atoms with Crippen molar-refractivity contribution in [1.29, 1.82) is 0 Å². The van der Waals surface area contributed by atoms with Gasteiger partial charge in [0.05, 0.1) is 5.69 Å². The summed E-state index contributed by atoms with van der Waals surface area (Å²) in [6.07, 6.45) is -3.21. The number of halogens is 5. The number of piperidine rings is 1. The van der Waals surface area contributed by atoms with Crippen LogP contribution in [-0.4, -0.2) is 62.3 Å². The highest BCUT2D eigenvalue weighted by molar-refractivity contribution is 6.18. The van der Waals surface area contributed by atoms with E-state index in [0.717, 1.165) is 30.8 Å². The molecule has 2 heterocycles. The molecule has 0 spiro atoms. The zero-order chi connectivity index (χ0) is 30.1. The van der Waals surface area contributed by atoms with Gasteiger partial charge in [-0.05, 0) is 82.6 Å². The molecule has 0 saturated carbocycles. The van der Waals surface area contributed by atoms with Crippen LogP contribution in [0.15, 0.2) is 52.7 Å². The van der Waals surface area contributed by atoms with Crippen molar-refractivity contribution in [3.8, 4) is 5.75 Å². The van der Waals surface area contributed by atoms with Crippen LogP contribution < -0.4 is 15.0 Å². The van der Waals surface area contributed by atoms with E-state index < -0.39 is 53.4 Å². The van der Waals surface area contributed by atoms with Gasteiger partial charge in [-0.1, -0.05) is 12.6 Å². The number of alkyl halides is 3. The number of aliphatic imine (C=N–C) groups is 2. The van der Waals surface area contributed by atoms with Gasteiger partial charge in [-0.3, -0.25) is 9.79 Å². The molecule has 0 bridgehead atoms. The van der Waals surface area contributed by atoms with E-state index in [2.05, 4.69) is 26.8 Å². The summed E-state index contributed by atoms with van der Waals surface area (Å²) in [5.41, 5.74) is -1.31. The Balaban J connectivity index is 1.71. The second kappa shape index (κ2) is 12.0. The van der Waals surface area contributed by atoms with Crippen LogP contribution in [0.3, 0.4) is 0 Å². The van der Waals surface area contributed by atoms with Crippen LogP contribution in [0.1, 0.15) is 49.3 Å². The fraction of sp³-hybridized carbons (Fsp3) is 0.414. The van der Waals surface area contributed by atoms with Crippen molar-refractivity contribution < 1.29 is 31.5 Å². The number of amides is 1. The number of carbonyl (C=O) groups excluding carboxylic acids is 1. The minimum Gasteiger partial charge on any atom is -0.481 e. The van der Waals surface area contributed by atoms with Crippen molar-refractivity contribution >= 4 is 29.0 Å². The molecule has 1 amide bonds. The second-order valence-corrected chi connectivity index (χ2v) is 10.4. The summed E-state index contributed by atoms with van der Waals surface area (Å²) in [5, 5.41) is 2.80. The van der Waals surface area contributed by atoms with E-state index in [1.165, 1.54) is 19.2 Å². The van der Waals surface area contributed by atoms with E-state index in [4.69, 9.17) is 4.74 Å². The summed E-state index contributed by atoms with van der Waals surface area (Å²) in [6.45, 7) is 7.70. The molecule has 4 rings (SSSR count). The van der Waals surface area contributed by atoms with Crippen LogP contribution in [0, 0.1) is 5.82 Å². The maximum Gasteiger partial charge on any atom is 0.420 e. The fourth-order valence-corrected chi connectivity index (χ4v) is 5.10. The Kier molecular flexibility index (Phi) is 8.81. The molecule has 7 nitrogen and oxygen atoms in total. The van der Waals surface area contributed by atoms with E-state index in [0.29, 0.717) is 11.6 Å². The van der Waals surface area contributed by atoms with Crippen molar-refractivity contribution in [1.82, 2.24) is 4.90 Å². The summed E-state index contributed by atoms with van der Waals surface area (Å²) < 4.78 is 77.2. The molecule has 41 heavy (non-hydrogen) atoms. The van der Waals surface area contributed by atoms with Gasteiger partial charge < -0.3 is 19.9 Å². The third-order valence-electron chi connectivity index (χ3n) is 7.13. The molecule has 0 radical (unpaired) electrons. The maximum absolute atomic E-state index is 15.0. The molecule has 0 aliphatic carbocycles. The van der Waals surface area contributed by atoms with E-state index in [1.807, 2.05) is 7.05 Å². The molecular weight excluding hydrogens is 545 g/mol. The average molecular weight is 578 g/mol. The van der Waals surface area contributed by atoms with Crippen LogP contribution in [0.25, 0.3) is 0 Å². The lowest BCUT2D eigenvalue weighted by molar-refractivity contribution is -0.140. The summed E-state index contributed by atoms with van der Waals surface area (Å²) in [7, 11) is 3.36. The normalized spacial score (nSPS) is 17.5. The standard InChI is InChI=1S/C29H32F5N5O2/c1-16(2)39-24-13-19(12-22(29(32,33)34)27(24)41-15-25(39)40)26(17(3)30)37-28(35-4)36-20-6-7-21(23(31)14-20)18-8-10-38(5)11-9-18/h6-7,12-14,16,18H,3,8-11,15H2,1-2,4-5H3,(H,35,36)/b37-26+. The number of fused-ring (bicyclic) bond motifs is 1. The van der Waals surface area contributed by atoms with E-state index in [1.54, 1.807) is 26.0 Å². The highest BCUT2D eigenvalue weighted by Gasteiger charge is 2.40. The molecule has 0 atom stereocenters. The number of nitrogens with one attached hydrogen (secondary N) is 1. The van der Waals surface area contributed by atoms with Crippen LogP contribution in [0.4, 0.5) is 33.3 Å². The van der Waals surface area contributed by atoms with Gasteiger partial charge in [-0.2, -0.15) is 13.2 Å². The fourth-order valence-electron chi connectivity index (χ4n) is 5.10. The average Bonchev–Trinajstić information content (AvgIpc) is 2.90. The molecular formula is C29H32F5N5O2. The number of hydrogen-bond acceptors (Lipinski definition) is 4. The topological polar surface area (TPSA) is 69.5 Å². The summed E-state index contributed by atoms with van der Waals surface area (Å²) in [6, 6.07) is 6.00. The van der Waals surface area contributed by atoms with Gasteiger partial charge in [-0.25, -0.2) is 13.8 Å². The maximum atomic E-state index is 15.0. The number of hydrogen-bond donors (Lipinski definition) is 1. The Bertz CT molecular complexity index is 1390. The second-order valence-electron chi connectivity index (χ2n) is 10.4. The lowest BCUT2D eigenvalue weighted by atomic mass is 9.89. The Morgan fingerprint density at radius 1 is 1.17 bits per heavy atom. The number of nitrogens with zero attached hydrogens (tertiary/aromatic N) is 4. The van der Waals surface area contributed by atoms with Gasteiger partial charge >= 0.3 is 6.18 Å². The van der Waals surface area contributed by atoms with E-state index in [-0.39, 0.29) is 28.8 Å². The molecule has 1 saturated heterocycles. The third-order valence-corrected chi connectivity index (χ3v) is 7.13. The molecule has 2 aliphatic heterocycles. The summed E-state index contributed by atoms with van der Waals surface area (Å²) >= 11 is 0. The number of carbonyl (C=O) groups is 1. The van der Waals surface area contributed by atoms with Crippen LogP contribution >= 0.6 is 0 Å². The lowest BCUT2D eigenvalue weighted by Gasteiger charge is -2.34. The monoisotopic (exact) mass is 577 g/mol. The first-order valence-electron chi connectivity index (χ1n) is 13.2. The molecule has 0 unspecified atom stereocenters. The predicted molar refractivity (Wildman–Crippen MR) is 149 cm³/mol. The SMILES string of the molecule is C=C(F)/C(=N\C(=N/C)Nc1ccc(C2CCN(C)CC2)c(F)c1)c1cc2c(c(C(F)(F)F)c1)OCC(=O)N2C(C)C. The van der Waals surface area contributed by atoms with Crippen LogP contribution in [-0.2, 0) is 11.0 Å². The zero-order valence-electron chi connectivity index (χ0n) is 23.3. The molecule has 2 aromatic carbocycles. The highest BCUT2D eigenvalue weighted by Crippen LogP contribution is 2.45. The highest BCUT2D eigenvalue weighted by atomic mass is 19.4. The minimum absolute atomic E-state index is 0.0900. The minimum atomic E-state index is -4.88. The van der Waals surface area contributed by atoms with Gasteiger partial charge in [0.25, 0.3) is 5.91 Å². The Labute approximate surface area is 235 Å². The molecule has 12 heteroatoms. The van der Waals surface area contributed by atoms with Crippen molar-refractivity contribution in [2.24, 2.45) is 9.98 Å². The molecule has 2 aliphatic rings. The molecule has 2 aromatic rings. The third kappa shape index (κ3) is 6.58. The van der Waals surface area contributed by atoms with Gasteiger partial charge in [0.1, 0.15) is 22.9 Å². The number of benzene rings is 2. The van der Waals surface area contributed by atoms with Gasteiger partial charge in [0.2, 0.25) is 5.96 Å². The van der Waals surface area contributed by atoms with Crippen molar-refractivity contribution in [3.05, 3.63) is 65.2 Å². The zero-order valence-corrected chi connectivity index (χ0v) is 23.3. The first-order chi connectivity index (χ1) is 19.3. The number of guanidine groups is 1. The number of rotatable bonds is 5. The van der Waals surface area contributed by atoms with Crippen molar-refractivity contribution in [3.63, 3.8) is 0 Å². The van der Waals surface area contributed by atoms with Crippen molar-refractivity contribution in [2.75, 3.05) is 44.0 Å². The largest absolute Gasteiger partial charge is 0.481 e. The smallest absolute Gasteiger partial charge is 0.420 e. The number of likely N-dealkylation sites (tertiary alicyclic amines) is 1. The molecule has 220 valence electrons. The van der Waals surface area contributed by atoms with E-state index in [9.17, 15) is 22.4 Å². The van der Waals surface area contributed by atoms with Crippen molar-refractivity contribution in [2.45, 2.75) is 44.8 Å². The number of ether oxygens (including phenoxy) is 1. The van der Waals surface area contributed by atoms with Gasteiger partial charge in [0, 0.05) is 24.3 Å². The lowest BCUT2D eigenvalue weighted by Crippen LogP contribution is -2.43. The number of allylic oxidation sites excluding steroid dienone is 1. The predicted octanol–water partition coefficient (Wildman–Crippen LogP) is 6.16. The summed E-state index contributed by atoms with van der Waals surface area (Å²) in [5.74, 6) is -2.72. The van der Waals surface area contributed by atoms with Gasteiger partial charge in [0.15, 0.2) is 12.4 Å². The Morgan fingerprint density at radius 3 is 2.41 bits per heavy atom. The van der Waals surface area contributed by atoms with Crippen LogP contribution in [0.2, 0.25) is 0 Å². The molecule has 1 fully saturated rings. The Morgan fingerprint density at radius 2 is 1.85 bits per heavy atom. The van der Waals surface area contributed by atoms with Gasteiger partial charge in [-0.15, -0.1) is 0 Å². The Hall–Kier alpha value is -3.80. The molecule has 0 aromatic heterocycles.